The van der Waals surface area contributed by atoms with E-state index in [1.165, 1.54) is 59.1 Å². The number of hydrogen-bond donors (Lipinski definition) is 0. The Bertz CT molecular complexity index is 1440. The lowest BCUT2D eigenvalue weighted by atomic mass is 9.72. The van der Waals surface area contributed by atoms with Gasteiger partial charge in [-0.1, -0.05) is 110 Å². The summed E-state index contributed by atoms with van der Waals surface area (Å²) in [6, 6.07) is 44.1. The summed E-state index contributed by atoms with van der Waals surface area (Å²) < 4.78 is 0. The van der Waals surface area contributed by atoms with Crippen LogP contribution in [0.1, 0.15) is 48.6 Å². The molecule has 6 rings (SSSR count). The molecular weight excluding hydrogens is 434 g/mol. The fourth-order valence-corrected chi connectivity index (χ4v) is 5.85. The maximum atomic E-state index is 4.53. The van der Waals surface area contributed by atoms with E-state index in [0.717, 1.165) is 11.3 Å². The van der Waals surface area contributed by atoms with E-state index in [2.05, 4.69) is 114 Å². The summed E-state index contributed by atoms with van der Waals surface area (Å²) in [4.78, 5) is 4.53. The average Bonchev–Trinajstić information content (AvgIpc) is 2.98. The number of rotatable bonds is 5. The molecule has 1 heterocycles. The monoisotopic (exact) mass is 465 g/mol. The molecule has 0 bridgehead atoms. The van der Waals surface area contributed by atoms with Gasteiger partial charge in [-0.2, -0.15) is 0 Å². The summed E-state index contributed by atoms with van der Waals surface area (Å²) in [6.07, 6.45) is 7.05. The molecule has 5 aromatic rings. The first-order chi connectivity index (χ1) is 17.8. The van der Waals surface area contributed by atoms with E-state index in [4.69, 9.17) is 0 Å². The standard InChI is InChI=1S/C35H31N/c1-2-11-26(12-3-1)33-19-4-5-20-34(33)31-17-9-15-29(24-31)27-13-8-14-28(23-27)30-16-10-18-32(25-30)35-21-6-7-22-36-35/h1-3,6-18,21-25,33-34H,4-5,19-20H2. The van der Waals surface area contributed by atoms with Crippen LogP contribution >= 0.6 is 0 Å². The van der Waals surface area contributed by atoms with E-state index in [1.54, 1.807) is 0 Å². The quantitative estimate of drug-likeness (QED) is 0.252. The van der Waals surface area contributed by atoms with Gasteiger partial charge in [0.25, 0.3) is 0 Å². The number of nitrogens with zero attached hydrogens (tertiary/aromatic N) is 1. The smallest absolute Gasteiger partial charge is 0.0702 e. The van der Waals surface area contributed by atoms with Gasteiger partial charge in [0, 0.05) is 11.8 Å². The fraction of sp³-hybridized carbons (Fsp3) is 0.171. The molecule has 176 valence electrons. The lowest BCUT2D eigenvalue weighted by molar-refractivity contribution is 0.386. The fourth-order valence-electron chi connectivity index (χ4n) is 5.85. The molecule has 2 atom stereocenters. The molecule has 1 heteroatoms. The number of aromatic nitrogens is 1. The van der Waals surface area contributed by atoms with Crippen molar-refractivity contribution in [2.75, 3.05) is 0 Å². The summed E-state index contributed by atoms with van der Waals surface area (Å²) in [7, 11) is 0. The number of pyridine rings is 1. The molecule has 0 spiro atoms. The van der Waals surface area contributed by atoms with Gasteiger partial charge in [-0.25, -0.2) is 0 Å². The first-order valence-corrected chi connectivity index (χ1v) is 13.1. The first kappa shape index (κ1) is 22.5. The Kier molecular flexibility index (Phi) is 6.46. The predicted octanol–water partition coefficient (Wildman–Crippen LogP) is 9.52. The Morgan fingerprint density at radius 2 is 0.972 bits per heavy atom. The molecule has 1 aliphatic carbocycles. The van der Waals surface area contributed by atoms with Gasteiger partial charge in [-0.3, -0.25) is 4.98 Å². The van der Waals surface area contributed by atoms with Gasteiger partial charge < -0.3 is 0 Å². The summed E-state index contributed by atoms with van der Waals surface area (Å²) in [6.45, 7) is 0. The van der Waals surface area contributed by atoms with Crippen LogP contribution in [0.15, 0.2) is 128 Å². The number of benzene rings is 4. The molecular formula is C35H31N. The zero-order valence-electron chi connectivity index (χ0n) is 20.6. The molecule has 0 amide bonds. The van der Waals surface area contributed by atoms with E-state index in [1.807, 2.05) is 18.3 Å². The van der Waals surface area contributed by atoms with Crippen molar-refractivity contribution in [2.24, 2.45) is 0 Å². The topological polar surface area (TPSA) is 12.9 Å². The molecule has 0 aliphatic heterocycles. The Morgan fingerprint density at radius 3 is 1.64 bits per heavy atom. The zero-order chi connectivity index (χ0) is 24.2. The van der Waals surface area contributed by atoms with Crippen LogP contribution < -0.4 is 0 Å². The maximum Gasteiger partial charge on any atom is 0.0702 e. The van der Waals surface area contributed by atoms with Gasteiger partial charge in [-0.05, 0) is 82.3 Å². The Hall–Kier alpha value is -3.97. The predicted molar refractivity (Wildman–Crippen MR) is 151 cm³/mol. The Morgan fingerprint density at radius 1 is 0.444 bits per heavy atom. The van der Waals surface area contributed by atoms with Crippen molar-refractivity contribution in [1.29, 1.82) is 0 Å². The van der Waals surface area contributed by atoms with Crippen LogP contribution in [-0.4, -0.2) is 4.98 Å². The highest BCUT2D eigenvalue weighted by Gasteiger charge is 2.27. The molecule has 1 aliphatic rings. The Labute approximate surface area is 214 Å². The third-order valence-electron chi connectivity index (χ3n) is 7.66. The molecule has 0 saturated heterocycles. The second kappa shape index (κ2) is 10.3. The maximum absolute atomic E-state index is 4.53. The lowest BCUT2D eigenvalue weighted by Crippen LogP contribution is -2.16. The highest BCUT2D eigenvalue weighted by molar-refractivity contribution is 5.76. The van der Waals surface area contributed by atoms with Crippen molar-refractivity contribution in [3.8, 4) is 33.5 Å². The van der Waals surface area contributed by atoms with Crippen molar-refractivity contribution in [2.45, 2.75) is 37.5 Å². The van der Waals surface area contributed by atoms with E-state index >= 15 is 0 Å². The first-order valence-electron chi connectivity index (χ1n) is 13.1. The normalized spacial score (nSPS) is 17.6. The highest BCUT2D eigenvalue weighted by Crippen LogP contribution is 2.44. The second-order valence-electron chi connectivity index (χ2n) is 9.91. The van der Waals surface area contributed by atoms with Gasteiger partial charge in [0.05, 0.1) is 5.69 Å². The summed E-state index contributed by atoms with van der Waals surface area (Å²) >= 11 is 0. The molecule has 1 saturated carbocycles. The van der Waals surface area contributed by atoms with Gasteiger partial charge in [-0.15, -0.1) is 0 Å². The highest BCUT2D eigenvalue weighted by atomic mass is 14.7. The minimum atomic E-state index is 0.583. The number of hydrogen-bond acceptors (Lipinski definition) is 1. The van der Waals surface area contributed by atoms with Crippen LogP contribution in [0, 0.1) is 0 Å². The summed E-state index contributed by atoms with van der Waals surface area (Å²) in [5.74, 6) is 1.19. The largest absolute Gasteiger partial charge is 0.256 e. The lowest BCUT2D eigenvalue weighted by Gasteiger charge is -2.32. The van der Waals surface area contributed by atoms with E-state index in [0.29, 0.717) is 11.8 Å². The van der Waals surface area contributed by atoms with Crippen LogP contribution in [0.4, 0.5) is 0 Å². The van der Waals surface area contributed by atoms with Gasteiger partial charge in [0.15, 0.2) is 0 Å². The van der Waals surface area contributed by atoms with Gasteiger partial charge in [0.2, 0.25) is 0 Å². The second-order valence-corrected chi connectivity index (χ2v) is 9.91. The molecule has 0 N–H and O–H groups in total. The van der Waals surface area contributed by atoms with E-state index in [-0.39, 0.29) is 0 Å². The molecule has 4 aromatic carbocycles. The van der Waals surface area contributed by atoms with Crippen LogP contribution in [-0.2, 0) is 0 Å². The molecule has 1 aromatic heterocycles. The Balaban J connectivity index is 1.32. The van der Waals surface area contributed by atoms with Crippen LogP contribution in [0.5, 0.6) is 0 Å². The summed E-state index contributed by atoms with van der Waals surface area (Å²) in [5, 5.41) is 0. The summed E-state index contributed by atoms with van der Waals surface area (Å²) in [5.41, 5.74) is 10.1. The van der Waals surface area contributed by atoms with Crippen molar-refractivity contribution in [3.63, 3.8) is 0 Å². The third-order valence-corrected chi connectivity index (χ3v) is 7.66. The van der Waals surface area contributed by atoms with E-state index in [9.17, 15) is 0 Å². The van der Waals surface area contributed by atoms with Crippen molar-refractivity contribution in [1.82, 2.24) is 4.98 Å². The van der Waals surface area contributed by atoms with Crippen LogP contribution in [0.3, 0.4) is 0 Å². The van der Waals surface area contributed by atoms with Gasteiger partial charge in [0.1, 0.15) is 0 Å². The molecule has 1 fully saturated rings. The van der Waals surface area contributed by atoms with Crippen LogP contribution in [0.2, 0.25) is 0 Å². The molecule has 0 radical (unpaired) electrons. The SMILES string of the molecule is c1ccc(C2CCCCC2c2cccc(-c3cccc(-c4cccc(-c5ccccn5)c4)c3)c2)cc1. The van der Waals surface area contributed by atoms with E-state index < -0.39 is 0 Å². The van der Waals surface area contributed by atoms with Gasteiger partial charge >= 0.3 is 0 Å². The van der Waals surface area contributed by atoms with Crippen LogP contribution in [0.25, 0.3) is 33.5 Å². The van der Waals surface area contributed by atoms with Crippen molar-refractivity contribution >= 4 is 0 Å². The van der Waals surface area contributed by atoms with Crippen molar-refractivity contribution in [3.05, 3.63) is 139 Å². The third kappa shape index (κ3) is 4.75. The minimum absolute atomic E-state index is 0.583. The zero-order valence-corrected chi connectivity index (χ0v) is 20.6. The average molecular weight is 466 g/mol. The van der Waals surface area contributed by atoms with Crippen molar-refractivity contribution < 1.29 is 0 Å². The minimum Gasteiger partial charge on any atom is -0.256 e. The molecule has 1 nitrogen and oxygen atoms in total. The molecule has 36 heavy (non-hydrogen) atoms. The molecule has 2 unspecified atom stereocenters.